The largest absolute Gasteiger partial charge is 0.459 e. The minimum Gasteiger partial charge on any atom is -0.459 e. The van der Waals surface area contributed by atoms with Gasteiger partial charge in [-0.3, -0.25) is 4.79 Å². The minimum absolute atomic E-state index is 0.129. The molecule has 0 aliphatic rings. The molecule has 1 heterocycles. The third-order valence-electron chi connectivity index (χ3n) is 2.80. The van der Waals surface area contributed by atoms with Gasteiger partial charge in [0.1, 0.15) is 5.82 Å². The van der Waals surface area contributed by atoms with Crippen molar-refractivity contribution in [2.45, 2.75) is 12.7 Å². The predicted molar refractivity (Wildman–Crippen MR) is 76.3 cm³/mol. The number of halogens is 1. The molecule has 0 atom stereocenters. The molecule has 0 spiro atoms. The molecule has 21 heavy (non-hydrogen) atoms. The van der Waals surface area contributed by atoms with E-state index in [2.05, 4.69) is 5.32 Å². The second-order valence-electron chi connectivity index (χ2n) is 4.76. The van der Waals surface area contributed by atoms with Crippen molar-refractivity contribution in [1.29, 1.82) is 0 Å². The number of aryl methyl sites for hydroxylation is 1. The average Bonchev–Trinajstić information content (AvgIpc) is 2.77. The summed E-state index contributed by atoms with van der Waals surface area (Å²) < 4.78 is 41.1. The maximum atomic E-state index is 13.3. The lowest BCUT2D eigenvalue weighted by molar-refractivity contribution is 0.0995. The van der Waals surface area contributed by atoms with E-state index in [0.29, 0.717) is 5.56 Å². The second-order valence-corrected chi connectivity index (χ2v) is 6.90. The van der Waals surface area contributed by atoms with Crippen LogP contribution in [-0.4, -0.2) is 20.6 Å². The van der Waals surface area contributed by atoms with E-state index >= 15 is 0 Å². The van der Waals surface area contributed by atoms with Crippen molar-refractivity contribution in [3.8, 4) is 0 Å². The third-order valence-corrected chi connectivity index (χ3v) is 3.64. The molecule has 7 heteroatoms. The molecule has 112 valence electrons. The lowest BCUT2D eigenvalue weighted by Gasteiger charge is -2.10. The van der Waals surface area contributed by atoms with E-state index in [1.54, 1.807) is 13.0 Å². The van der Waals surface area contributed by atoms with Gasteiger partial charge in [0.25, 0.3) is 5.91 Å². The number of benzene rings is 1. The van der Waals surface area contributed by atoms with Crippen LogP contribution in [0.4, 0.5) is 10.1 Å². The summed E-state index contributed by atoms with van der Waals surface area (Å²) in [7, 11) is -3.36. The highest BCUT2D eigenvalue weighted by Gasteiger charge is 2.16. The maximum Gasteiger partial charge on any atom is 0.291 e. The molecule has 0 bridgehead atoms. The topological polar surface area (TPSA) is 76.4 Å². The van der Waals surface area contributed by atoms with Crippen LogP contribution in [0.15, 0.2) is 34.9 Å². The summed E-state index contributed by atoms with van der Waals surface area (Å²) in [5.41, 5.74) is 1.08. The number of amides is 1. The van der Waals surface area contributed by atoms with E-state index in [1.165, 1.54) is 12.3 Å². The van der Waals surface area contributed by atoms with Gasteiger partial charge in [0.15, 0.2) is 15.6 Å². The lowest BCUT2D eigenvalue weighted by Crippen LogP contribution is -2.15. The number of sulfone groups is 1. The van der Waals surface area contributed by atoms with Crippen LogP contribution in [0, 0.1) is 12.7 Å². The van der Waals surface area contributed by atoms with Crippen LogP contribution in [0.3, 0.4) is 0 Å². The van der Waals surface area contributed by atoms with Crippen molar-refractivity contribution in [3.63, 3.8) is 0 Å². The number of hydrogen-bond donors (Lipinski definition) is 1. The lowest BCUT2D eigenvalue weighted by atomic mass is 10.2. The summed E-state index contributed by atoms with van der Waals surface area (Å²) >= 11 is 0. The highest BCUT2D eigenvalue weighted by Crippen LogP contribution is 2.21. The average molecular weight is 311 g/mol. The zero-order chi connectivity index (χ0) is 15.6. The molecule has 2 aromatic rings. The molecule has 0 unspecified atom stereocenters. The molecular weight excluding hydrogens is 297 g/mol. The summed E-state index contributed by atoms with van der Waals surface area (Å²) in [6.07, 6.45) is 2.42. The van der Waals surface area contributed by atoms with Crippen molar-refractivity contribution < 1.29 is 22.0 Å². The molecule has 1 aromatic heterocycles. The van der Waals surface area contributed by atoms with Crippen LogP contribution >= 0.6 is 0 Å². The Morgan fingerprint density at radius 3 is 2.62 bits per heavy atom. The number of carbonyl (C=O) groups is 1. The number of anilines is 1. The normalized spacial score (nSPS) is 11.4. The van der Waals surface area contributed by atoms with Gasteiger partial charge in [0.05, 0.1) is 12.0 Å². The Hall–Kier alpha value is -2.15. The van der Waals surface area contributed by atoms with Crippen LogP contribution in [0.1, 0.15) is 21.7 Å². The van der Waals surface area contributed by atoms with Crippen molar-refractivity contribution in [3.05, 3.63) is 53.2 Å². The molecule has 0 aliphatic heterocycles. The Bertz CT molecular complexity index is 780. The maximum absolute atomic E-state index is 13.3. The van der Waals surface area contributed by atoms with Gasteiger partial charge in [-0.1, -0.05) is 0 Å². The summed E-state index contributed by atoms with van der Waals surface area (Å²) in [4.78, 5) is 12.1. The van der Waals surface area contributed by atoms with Gasteiger partial charge in [0, 0.05) is 17.5 Å². The van der Waals surface area contributed by atoms with Crippen LogP contribution in [0.25, 0.3) is 0 Å². The fourth-order valence-corrected chi connectivity index (χ4v) is 2.67. The summed E-state index contributed by atoms with van der Waals surface area (Å²) in [6, 6.07) is 5.20. The molecule has 5 nitrogen and oxygen atoms in total. The van der Waals surface area contributed by atoms with Crippen LogP contribution in [0.5, 0.6) is 0 Å². The highest BCUT2D eigenvalue weighted by atomic mass is 32.2. The number of furan rings is 1. The minimum atomic E-state index is -3.36. The van der Waals surface area contributed by atoms with Gasteiger partial charge in [0.2, 0.25) is 0 Å². The summed E-state index contributed by atoms with van der Waals surface area (Å²) in [6.45, 7) is 1.71. The molecule has 0 radical (unpaired) electrons. The Balaban J connectivity index is 2.32. The molecule has 1 amide bonds. The first-order chi connectivity index (χ1) is 9.76. The van der Waals surface area contributed by atoms with E-state index in [0.717, 1.165) is 18.4 Å². The molecule has 1 aromatic carbocycles. The van der Waals surface area contributed by atoms with Gasteiger partial charge in [-0.05, 0) is 36.8 Å². The van der Waals surface area contributed by atoms with Gasteiger partial charge >= 0.3 is 0 Å². The van der Waals surface area contributed by atoms with Crippen LogP contribution in [-0.2, 0) is 15.6 Å². The van der Waals surface area contributed by atoms with Crippen LogP contribution in [0.2, 0.25) is 0 Å². The number of carbonyl (C=O) groups excluding carboxylic acids is 1. The van der Waals surface area contributed by atoms with Gasteiger partial charge in [-0.25, -0.2) is 12.8 Å². The van der Waals surface area contributed by atoms with Crippen molar-refractivity contribution >= 4 is 21.4 Å². The number of hydrogen-bond acceptors (Lipinski definition) is 4. The third kappa shape index (κ3) is 3.91. The summed E-state index contributed by atoms with van der Waals surface area (Å²) in [5.74, 6) is -1.32. The first-order valence-electron chi connectivity index (χ1n) is 6.08. The molecule has 2 rings (SSSR count). The zero-order valence-electron chi connectivity index (χ0n) is 11.5. The Kier molecular flexibility index (Phi) is 4.13. The molecule has 0 aliphatic carbocycles. The van der Waals surface area contributed by atoms with Gasteiger partial charge < -0.3 is 9.73 Å². The molecule has 0 saturated heterocycles. The Morgan fingerprint density at radius 1 is 1.33 bits per heavy atom. The number of rotatable bonds is 4. The van der Waals surface area contributed by atoms with E-state index in [1.807, 2.05) is 0 Å². The van der Waals surface area contributed by atoms with Crippen molar-refractivity contribution in [2.24, 2.45) is 0 Å². The van der Waals surface area contributed by atoms with Crippen molar-refractivity contribution in [1.82, 2.24) is 0 Å². The van der Waals surface area contributed by atoms with Gasteiger partial charge in [-0.15, -0.1) is 0 Å². The monoisotopic (exact) mass is 311 g/mol. The number of nitrogens with one attached hydrogen (secondary N) is 1. The smallest absolute Gasteiger partial charge is 0.291 e. The van der Waals surface area contributed by atoms with E-state index in [4.69, 9.17) is 4.42 Å². The fourth-order valence-electron chi connectivity index (χ4n) is 1.87. The first-order valence-corrected chi connectivity index (χ1v) is 8.14. The Morgan fingerprint density at radius 2 is 2.05 bits per heavy atom. The second kappa shape index (κ2) is 5.69. The molecule has 0 fully saturated rings. The SMILES string of the molecule is Cc1ccoc1C(=O)Nc1ccc(F)cc1CS(C)(=O)=O. The van der Waals surface area contributed by atoms with E-state index in [-0.39, 0.29) is 22.8 Å². The molecular formula is C14H14FNO4S. The van der Waals surface area contributed by atoms with Crippen LogP contribution < -0.4 is 5.32 Å². The van der Waals surface area contributed by atoms with E-state index < -0.39 is 21.6 Å². The predicted octanol–water partition coefficient (Wildman–Crippen LogP) is 2.52. The molecule has 0 saturated carbocycles. The molecule has 1 N–H and O–H groups in total. The Labute approximate surface area is 121 Å². The standard InChI is InChI=1S/C14H14FNO4S/c1-9-5-6-20-13(9)14(17)16-12-4-3-11(15)7-10(12)8-21(2,18)19/h3-7H,8H2,1-2H3,(H,16,17). The van der Waals surface area contributed by atoms with E-state index in [9.17, 15) is 17.6 Å². The zero-order valence-corrected chi connectivity index (χ0v) is 12.3. The van der Waals surface area contributed by atoms with Crippen molar-refractivity contribution in [2.75, 3.05) is 11.6 Å². The fraction of sp³-hybridized carbons (Fsp3) is 0.214. The van der Waals surface area contributed by atoms with Gasteiger partial charge in [-0.2, -0.15) is 0 Å². The highest BCUT2D eigenvalue weighted by molar-refractivity contribution is 7.89. The summed E-state index contributed by atoms with van der Waals surface area (Å²) in [5, 5.41) is 2.54. The quantitative estimate of drug-likeness (QED) is 0.941. The first kappa shape index (κ1) is 15.2.